The minimum Gasteiger partial charge on any atom is -0.361 e. The van der Waals surface area contributed by atoms with Gasteiger partial charge in [0, 0.05) is 6.54 Å². The quantitative estimate of drug-likeness (QED) is 0.436. The molecule has 20 heavy (non-hydrogen) atoms. The normalized spacial score (nSPS) is 10.2. The van der Waals surface area contributed by atoms with Gasteiger partial charge in [-0.3, -0.25) is 15.6 Å². The molecule has 0 aliphatic carbocycles. The number of carbonyl (C=O) groups excluding carboxylic acids is 1. The molecule has 0 aliphatic rings. The van der Waals surface area contributed by atoms with Crippen molar-refractivity contribution in [1.29, 1.82) is 0 Å². The largest absolute Gasteiger partial charge is 0.361 e. The molecule has 1 amide bonds. The van der Waals surface area contributed by atoms with Crippen LogP contribution >= 0.6 is 23.8 Å². The molecule has 0 aliphatic heterocycles. The summed E-state index contributed by atoms with van der Waals surface area (Å²) < 4.78 is 0. The van der Waals surface area contributed by atoms with Crippen LogP contribution in [-0.2, 0) is 0 Å². The van der Waals surface area contributed by atoms with Crippen molar-refractivity contribution in [3.63, 3.8) is 0 Å². The molecule has 110 valence electrons. The van der Waals surface area contributed by atoms with Crippen molar-refractivity contribution >= 4 is 34.8 Å². The molecular formula is C13H19ClN4OS. The Morgan fingerprint density at radius 1 is 1.30 bits per heavy atom. The van der Waals surface area contributed by atoms with Gasteiger partial charge in [0.05, 0.1) is 10.6 Å². The summed E-state index contributed by atoms with van der Waals surface area (Å²) in [6, 6.07) is 6.82. The summed E-state index contributed by atoms with van der Waals surface area (Å²) >= 11 is 11.0. The first-order valence-corrected chi connectivity index (χ1v) is 7.03. The molecule has 0 aromatic heterocycles. The van der Waals surface area contributed by atoms with Crippen molar-refractivity contribution in [3.8, 4) is 0 Å². The minimum absolute atomic E-state index is 0.326. The van der Waals surface area contributed by atoms with Gasteiger partial charge in [0.25, 0.3) is 5.91 Å². The van der Waals surface area contributed by atoms with Gasteiger partial charge in [0.2, 0.25) is 0 Å². The second kappa shape index (κ2) is 8.73. The second-order valence-corrected chi connectivity index (χ2v) is 5.29. The number of nitrogens with zero attached hydrogens (tertiary/aromatic N) is 1. The Hall–Kier alpha value is -1.37. The van der Waals surface area contributed by atoms with Crippen LogP contribution in [0.4, 0.5) is 0 Å². The average molecular weight is 315 g/mol. The van der Waals surface area contributed by atoms with E-state index in [0.29, 0.717) is 15.7 Å². The van der Waals surface area contributed by atoms with E-state index in [4.69, 9.17) is 23.8 Å². The third kappa shape index (κ3) is 6.18. The third-order valence-electron chi connectivity index (χ3n) is 2.48. The third-order valence-corrected chi connectivity index (χ3v) is 3.05. The molecule has 0 radical (unpaired) electrons. The van der Waals surface area contributed by atoms with Gasteiger partial charge in [-0.15, -0.1) is 0 Å². The maximum atomic E-state index is 11.8. The van der Waals surface area contributed by atoms with Gasteiger partial charge in [-0.2, -0.15) is 0 Å². The first kappa shape index (κ1) is 16.7. The van der Waals surface area contributed by atoms with E-state index in [9.17, 15) is 4.79 Å². The number of rotatable bonds is 5. The summed E-state index contributed by atoms with van der Waals surface area (Å²) in [5.41, 5.74) is 5.55. The molecule has 0 unspecified atom stereocenters. The molecule has 0 saturated carbocycles. The maximum Gasteiger partial charge on any atom is 0.271 e. The molecule has 1 aromatic rings. The fraction of sp³-hybridized carbons (Fsp3) is 0.385. The first-order valence-electron chi connectivity index (χ1n) is 6.24. The number of benzene rings is 1. The van der Waals surface area contributed by atoms with Gasteiger partial charge in [0.15, 0.2) is 5.11 Å². The van der Waals surface area contributed by atoms with Gasteiger partial charge < -0.3 is 10.2 Å². The maximum absolute atomic E-state index is 11.8. The van der Waals surface area contributed by atoms with Gasteiger partial charge in [-0.1, -0.05) is 23.7 Å². The molecule has 7 heteroatoms. The van der Waals surface area contributed by atoms with Crippen LogP contribution in [0.25, 0.3) is 0 Å². The van der Waals surface area contributed by atoms with E-state index in [0.717, 1.165) is 19.5 Å². The highest BCUT2D eigenvalue weighted by molar-refractivity contribution is 7.80. The molecule has 1 rings (SSSR count). The Kier molecular flexibility index (Phi) is 7.28. The van der Waals surface area contributed by atoms with Gasteiger partial charge in [0.1, 0.15) is 0 Å². The van der Waals surface area contributed by atoms with E-state index < -0.39 is 0 Å². The summed E-state index contributed by atoms with van der Waals surface area (Å²) in [4.78, 5) is 13.9. The van der Waals surface area contributed by atoms with Crippen LogP contribution in [0, 0.1) is 0 Å². The zero-order chi connectivity index (χ0) is 15.0. The van der Waals surface area contributed by atoms with E-state index in [2.05, 4.69) is 21.1 Å². The number of nitrogens with one attached hydrogen (secondary N) is 3. The van der Waals surface area contributed by atoms with Crippen molar-refractivity contribution in [3.05, 3.63) is 34.9 Å². The van der Waals surface area contributed by atoms with Crippen LogP contribution in [0.2, 0.25) is 5.02 Å². The molecule has 0 heterocycles. The Bertz CT molecular complexity index is 467. The number of carbonyl (C=O) groups is 1. The van der Waals surface area contributed by atoms with Crippen molar-refractivity contribution in [2.75, 3.05) is 27.2 Å². The molecule has 5 nitrogen and oxygen atoms in total. The summed E-state index contributed by atoms with van der Waals surface area (Å²) in [6.45, 7) is 1.72. The molecule has 0 spiro atoms. The number of thiocarbonyl (C=S) groups is 1. The summed E-state index contributed by atoms with van der Waals surface area (Å²) in [5, 5.41) is 3.78. The predicted molar refractivity (Wildman–Crippen MR) is 85.8 cm³/mol. The van der Waals surface area contributed by atoms with E-state index in [1.807, 2.05) is 14.1 Å². The van der Waals surface area contributed by atoms with Gasteiger partial charge >= 0.3 is 0 Å². The topological polar surface area (TPSA) is 56.4 Å². The monoisotopic (exact) mass is 314 g/mol. The first-order chi connectivity index (χ1) is 9.50. The summed E-state index contributed by atoms with van der Waals surface area (Å²) in [6.07, 6.45) is 0.966. The number of halogens is 1. The van der Waals surface area contributed by atoms with E-state index in [-0.39, 0.29) is 5.91 Å². The summed E-state index contributed by atoms with van der Waals surface area (Å²) in [7, 11) is 4.03. The van der Waals surface area contributed by atoms with Crippen molar-refractivity contribution in [2.24, 2.45) is 0 Å². The Morgan fingerprint density at radius 2 is 2.00 bits per heavy atom. The lowest BCUT2D eigenvalue weighted by Crippen LogP contribution is -2.47. The van der Waals surface area contributed by atoms with Crippen LogP contribution in [0.1, 0.15) is 16.8 Å². The van der Waals surface area contributed by atoms with Crippen LogP contribution in [0.15, 0.2) is 24.3 Å². The Labute approximate surface area is 129 Å². The standard InChI is InChI=1S/C13H19ClN4OS/c1-18(2)9-5-8-15-13(20)17-16-12(19)10-6-3-4-7-11(10)14/h3-4,6-7H,5,8-9H2,1-2H3,(H,16,19)(H2,15,17,20). The zero-order valence-electron chi connectivity index (χ0n) is 11.6. The number of hydrazine groups is 1. The SMILES string of the molecule is CN(C)CCCNC(=S)NNC(=O)c1ccccc1Cl. The molecule has 0 atom stereocenters. The van der Waals surface area contributed by atoms with Crippen LogP contribution in [-0.4, -0.2) is 43.1 Å². The van der Waals surface area contributed by atoms with Crippen molar-refractivity contribution < 1.29 is 4.79 Å². The van der Waals surface area contributed by atoms with Crippen LogP contribution in [0.5, 0.6) is 0 Å². The fourth-order valence-corrected chi connectivity index (χ4v) is 1.84. The Balaban J connectivity index is 2.27. The van der Waals surface area contributed by atoms with E-state index >= 15 is 0 Å². The van der Waals surface area contributed by atoms with Gasteiger partial charge in [-0.05, 0) is 51.4 Å². The second-order valence-electron chi connectivity index (χ2n) is 4.47. The number of amides is 1. The van der Waals surface area contributed by atoms with Gasteiger partial charge in [-0.25, -0.2) is 0 Å². The number of hydrogen-bond donors (Lipinski definition) is 3. The summed E-state index contributed by atoms with van der Waals surface area (Å²) in [5.74, 6) is -0.326. The molecule has 1 aromatic carbocycles. The lowest BCUT2D eigenvalue weighted by molar-refractivity contribution is 0.0944. The lowest BCUT2D eigenvalue weighted by atomic mass is 10.2. The zero-order valence-corrected chi connectivity index (χ0v) is 13.1. The number of hydrogen-bond acceptors (Lipinski definition) is 3. The Morgan fingerprint density at radius 3 is 2.65 bits per heavy atom. The lowest BCUT2D eigenvalue weighted by Gasteiger charge is -2.13. The highest BCUT2D eigenvalue weighted by atomic mass is 35.5. The highest BCUT2D eigenvalue weighted by Crippen LogP contribution is 2.13. The molecule has 3 N–H and O–H groups in total. The van der Waals surface area contributed by atoms with E-state index in [1.54, 1.807) is 24.3 Å². The average Bonchev–Trinajstić information content (AvgIpc) is 2.41. The fourth-order valence-electron chi connectivity index (χ4n) is 1.47. The smallest absolute Gasteiger partial charge is 0.271 e. The molecule has 0 bridgehead atoms. The predicted octanol–water partition coefficient (Wildman–Crippen LogP) is 1.40. The van der Waals surface area contributed by atoms with Crippen LogP contribution in [0.3, 0.4) is 0 Å². The van der Waals surface area contributed by atoms with Crippen molar-refractivity contribution in [1.82, 2.24) is 21.1 Å². The van der Waals surface area contributed by atoms with Crippen molar-refractivity contribution in [2.45, 2.75) is 6.42 Å². The molecular weight excluding hydrogens is 296 g/mol. The van der Waals surface area contributed by atoms with Crippen LogP contribution < -0.4 is 16.2 Å². The molecule has 0 fully saturated rings. The highest BCUT2D eigenvalue weighted by Gasteiger charge is 2.08. The van der Waals surface area contributed by atoms with E-state index in [1.165, 1.54) is 0 Å². The molecule has 0 saturated heterocycles. The minimum atomic E-state index is -0.326.